The van der Waals surface area contributed by atoms with Crippen molar-refractivity contribution in [2.75, 3.05) is 13.2 Å². The van der Waals surface area contributed by atoms with Crippen LogP contribution in [0.5, 0.6) is 0 Å². The first-order valence-electron chi connectivity index (χ1n) is 5.43. The SMILES string of the molecule is CC(CO)CNS(=O)(=O)c1ccc(Cl)c([N+](=O)[O-])c1Cl. The molecule has 0 fully saturated rings. The van der Waals surface area contributed by atoms with E-state index in [0.717, 1.165) is 12.1 Å². The van der Waals surface area contributed by atoms with Gasteiger partial charge in [0.25, 0.3) is 0 Å². The number of halogens is 2. The first-order chi connectivity index (χ1) is 9.20. The number of nitro groups is 1. The summed E-state index contributed by atoms with van der Waals surface area (Å²) in [7, 11) is -4.03. The summed E-state index contributed by atoms with van der Waals surface area (Å²) in [5.74, 6) is -0.300. The molecule has 0 saturated heterocycles. The molecule has 112 valence electrons. The molecule has 7 nitrogen and oxygen atoms in total. The van der Waals surface area contributed by atoms with E-state index in [1.807, 2.05) is 0 Å². The van der Waals surface area contributed by atoms with Crippen molar-refractivity contribution < 1.29 is 18.4 Å². The van der Waals surface area contributed by atoms with Crippen LogP contribution in [-0.2, 0) is 10.0 Å². The van der Waals surface area contributed by atoms with Gasteiger partial charge >= 0.3 is 5.69 Å². The highest BCUT2D eigenvalue weighted by Gasteiger charge is 2.27. The molecule has 0 aromatic heterocycles. The maximum Gasteiger partial charge on any atom is 0.307 e. The molecule has 0 aliphatic heterocycles. The Morgan fingerprint density at radius 3 is 2.55 bits per heavy atom. The second-order valence-corrected chi connectivity index (χ2v) is 6.63. The Morgan fingerprint density at radius 1 is 1.45 bits per heavy atom. The number of sulfonamides is 1. The number of rotatable bonds is 6. The average molecular weight is 343 g/mol. The van der Waals surface area contributed by atoms with Crippen LogP contribution in [0.3, 0.4) is 0 Å². The summed E-state index contributed by atoms with van der Waals surface area (Å²) in [5, 5.41) is 18.9. The van der Waals surface area contributed by atoms with E-state index < -0.39 is 30.6 Å². The molecule has 0 radical (unpaired) electrons. The van der Waals surface area contributed by atoms with Gasteiger partial charge in [0.2, 0.25) is 10.0 Å². The van der Waals surface area contributed by atoms with E-state index in [1.165, 1.54) is 0 Å². The molecule has 0 bridgehead atoms. The highest BCUT2D eigenvalue weighted by Crippen LogP contribution is 2.36. The maximum atomic E-state index is 12.0. The van der Waals surface area contributed by atoms with Crippen molar-refractivity contribution in [3.8, 4) is 0 Å². The summed E-state index contributed by atoms with van der Waals surface area (Å²) >= 11 is 11.4. The molecule has 1 rings (SSSR count). The minimum atomic E-state index is -4.03. The van der Waals surface area contributed by atoms with Gasteiger partial charge in [0.05, 0.1) is 4.92 Å². The van der Waals surface area contributed by atoms with Crippen LogP contribution >= 0.6 is 23.2 Å². The molecular weight excluding hydrogens is 331 g/mol. The van der Waals surface area contributed by atoms with E-state index >= 15 is 0 Å². The van der Waals surface area contributed by atoms with Crippen LogP contribution in [0, 0.1) is 16.0 Å². The van der Waals surface area contributed by atoms with Crippen molar-refractivity contribution in [2.45, 2.75) is 11.8 Å². The lowest BCUT2D eigenvalue weighted by atomic mass is 10.2. The fraction of sp³-hybridized carbons (Fsp3) is 0.400. The van der Waals surface area contributed by atoms with Crippen LogP contribution in [0.4, 0.5) is 5.69 Å². The van der Waals surface area contributed by atoms with E-state index in [1.54, 1.807) is 6.92 Å². The van der Waals surface area contributed by atoms with E-state index in [4.69, 9.17) is 28.3 Å². The van der Waals surface area contributed by atoms with E-state index in [2.05, 4.69) is 4.72 Å². The van der Waals surface area contributed by atoms with E-state index in [9.17, 15) is 18.5 Å². The lowest BCUT2D eigenvalue weighted by Gasteiger charge is -2.11. The van der Waals surface area contributed by atoms with Crippen LogP contribution in [-0.4, -0.2) is 31.6 Å². The summed E-state index contributed by atoms with van der Waals surface area (Å²) in [6.45, 7) is 1.41. The largest absolute Gasteiger partial charge is 0.396 e. The Labute approximate surface area is 125 Å². The number of hydrogen-bond donors (Lipinski definition) is 2. The van der Waals surface area contributed by atoms with Gasteiger partial charge in [0, 0.05) is 13.2 Å². The Balaban J connectivity index is 3.20. The third-order valence-corrected chi connectivity index (χ3v) is 4.70. The zero-order valence-corrected chi connectivity index (χ0v) is 12.7. The number of benzene rings is 1. The molecule has 0 amide bonds. The van der Waals surface area contributed by atoms with Gasteiger partial charge in [0.15, 0.2) is 0 Å². The summed E-state index contributed by atoms with van der Waals surface area (Å²) in [6.07, 6.45) is 0. The van der Waals surface area contributed by atoms with Gasteiger partial charge in [-0.05, 0) is 18.1 Å². The molecule has 0 saturated carbocycles. The Bertz CT molecular complexity index is 620. The molecule has 1 aromatic carbocycles. The van der Waals surface area contributed by atoms with Gasteiger partial charge in [-0.2, -0.15) is 0 Å². The van der Waals surface area contributed by atoms with Crippen LogP contribution < -0.4 is 4.72 Å². The Kier molecular flexibility index (Phi) is 5.72. The van der Waals surface area contributed by atoms with Gasteiger partial charge in [-0.3, -0.25) is 10.1 Å². The third kappa shape index (κ3) is 3.80. The first kappa shape index (κ1) is 17.1. The highest BCUT2D eigenvalue weighted by atomic mass is 35.5. The first-order valence-corrected chi connectivity index (χ1v) is 7.67. The van der Waals surface area contributed by atoms with Crippen LogP contribution in [0.1, 0.15) is 6.92 Å². The van der Waals surface area contributed by atoms with Crippen molar-refractivity contribution in [3.63, 3.8) is 0 Å². The number of aliphatic hydroxyl groups excluding tert-OH is 1. The van der Waals surface area contributed by atoms with Crippen LogP contribution in [0.15, 0.2) is 17.0 Å². The summed E-state index contributed by atoms with van der Waals surface area (Å²) in [5.41, 5.74) is -0.661. The third-order valence-electron chi connectivity index (χ3n) is 2.44. The molecule has 1 unspecified atom stereocenters. The normalized spacial score (nSPS) is 13.2. The topological polar surface area (TPSA) is 110 Å². The summed E-state index contributed by atoms with van der Waals surface area (Å²) in [6, 6.07) is 2.18. The van der Waals surface area contributed by atoms with Crippen molar-refractivity contribution in [1.82, 2.24) is 4.72 Å². The Hall–Kier alpha value is -0.930. The fourth-order valence-electron chi connectivity index (χ4n) is 1.29. The molecule has 1 aromatic rings. The molecule has 0 aliphatic carbocycles. The smallest absolute Gasteiger partial charge is 0.307 e. The van der Waals surface area contributed by atoms with Crippen LogP contribution in [0.2, 0.25) is 10.0 Å². The molecular formula is C10H12Cl2N2O5S. The van der Waals surface area contributed by atoms with Crippen molar-refractivity contribution in [1.29, 1.82) is 0 Å². The molecule has 0 spiro atoms. The number of nitrogens with zero attached hydrogens (tertiary/aromatic N) is 1. The number of hydrogen-bond acceptors (Lipinski definition) is 5. The van der Waals surface area contributed by atoms with Crippen molar-refractivity contribution >= 4 is 38.9 Å². The minimum absolute atomic E-state index is 0.0222. The molecule has 10 heteroatoms. The van der Waals surface area contributed by atoms with E-state index in [0.29, 0.717) is 0 Å². The molecule has 1 atom stereocenters. The van der Waals surface area contributed by atoms with Crippen molar-refractivity contribution in [2.24, 2.45) is 5.92 Å². The minimum Gasteiger partial charge on any atom is -0.396 e. The van der Waals surface area contributed by atoms with Gasteiger partial charge in [-0.25, -0.2) is 13.1 Å². The lowest BCUT2D eigenvalue weighted by Crippen LogP contribution is -2.30. The van der Waals surface area contributed by atoms with Gasteiger partial charge in [0.1, 0.15) is 14.9 Å². The second-order valence-electron chi connectivity index (χ2n) is 4.10. The zero-order valence-electron chi connectivity index (χ0n) is 10.3. The predicted molar refractivity (Wildman–Crippen MR) is 74.6 cm³/mol. The number of nitro benzene ring substituents is 1. The molecule has 0 heterocycles. The number of aliphatic hydroxyl groups is 1. The van der Waals surface area contributed by atoms with E-state index in [-0.39, 0.29) is 24.1 Å². The highest BCUT2D eigenvalue weighted by molar-refractivity contribution is 7.89. The maximum absolute atomic E-state index is 12.0. The van der Waals surface area contributed by atoms with Gasteiger partial charge in [-0.15, -0.1) is 0 Å². The molecule has 2 N–H and O–H groups in total. The molecule has 0 aliphatic rings. The monoisotopic (exact) mass is 342 g/mol. The molecule has 20 heavy (non-hydrogen) atoms. The quantitative estimate of drug-likeness (QED) is 0.605. The average Bonchev–Trinajstić information content (AvgIpc) is 2.35. The van der Waals surface area contributed by atoms with Crippen LogP contribution in [0.25, 0.3) is 0 Å². The summed E-state index contributed by atoms with van der Waals surface area (Å²) in [4.78, 5) is 9.55. The lowest BCUT2D eigenvalue weighted by molar-refractivity contribution is -0.384. The summed E-state index contributed by atoms with van der Waals surface area (Å²) < 4.78 is 26.2. The second kappa shape index (κ2) is 6.68. The van der Waals surface area contributed by atoms with Crippen molar-refractivity contribution in [3.05, 3.63) is 32.3 Å². The van der Waals surface area contributed by atoms with Gasteiger partial charge < -0.3 is 5.11 Å². The fourth-order valence-corrected chi connectivity index (χ4v) is 3.34. The number of nitrogens with one attached hydrogen (secondary N) is 1. The zero-order chi connectivity index (χ0) is 15.5. The Morgan fingerprint density at radius 2 is 2.05 bits per heavy atom. The van der Waals surface area contributed by atoms with Gasteiger partial charge in [-0.1, -0.05) is 30.1 Å². The predicted octanol–water partition coefficient (Wildman–Crippen LogP) is 1.81. The standard InChI is InChI=1S/C10H12Cl2N2O5S/c1-6(5-15)4-13-20(18,19)8-3-2-7(11)10(9(8)12)14(16)17/h2-3,6,13,15H,4-5H2,1H3.